The van der Waals surface area contributed by atoms with Crippen molar-refractivity contribution in [1.82, 2.24) is 9.88 Å². The predicted octanol–water partition coefficient (Wildman–Crippen LogP) is 1.41. The summed E-state index contributed by atoms with van der Waals surface area (Å²) >= 11 is 0. The van der Waals surface area contributed by atoms with Crippen molar-refractivity contribution in [2.24, 2.45) is 0 Å². The molecular weight excluding hydrogens is 264 g/mol. The second kappa shape index (κ2) is 5.32. The van der Waals surface area contributed by atoms with E-state index in [4.69, 9.17) is 5.11 Å². The molecule has 0 aromatic carbocycles. The number of hydrogen-bond acceptors (Lipinski definition) is 5. The molecule has 0 saturated carbocycles. The monoisotopic (exact) mass is 280 g/mol. The van der Waals surface area contributed by atoms with Crippen LogP contribution in [0.3, 0.4) is 0 Å². The Kier molecular flexibility index (Phi) is 3.73. The van der Waals surface area contributed by atoms with E-state index in [0.29, 0.717) is 37.4 Å². The maximum Gasteiger partial charge on any atom is 0.407 e. The summed E-state index contributed by atoms with van der Waals surface area (Å²) in [5.74, 6) is -0.129. The summed E-state index contributed by atoms with van der Waals surface area (Å²) in [7, 11) is 0. The van der Waals surface area contributed by atoms with Gasteiger partial charge >= 0.3 is 11.9 Å². The summed E-state index contributed by atoms with van der Waals surface area (Å²) in [6.07, 6.45) is -0.917. The fraction of sp³-hybridized carbons (Fsp3) is 0.500. The highest BCUT2D eigenvalue weighted by molar-refractivity contribution is 5.66. The van der Waals surface area contributed by atoms with Crippen molar-refractivity contribution in [1.29, 1.82) is 0 Å². The fourth-order valence-corrected chi connectivity index (χ4v) is 2.32. The first kappa shape index (κ1) is 14.0. The van der Waals surface area contributed by atoms with E-state index >= 15 is 0 Å². The summed E-state index contributed by atoms with van der Waals surface area (Å²) in [5, 5.41) is 19.7. The molecule has 0 radical (unpaired) electrons. The number of nitro groups is 1. The average Bonchev–Trinajstić information content (AvgIpc) is 2.40. The third-order valence-corrected chi connectivity index (χ3v) is 3.41. The van der Waals surface area contributed by atoms with E-state index in [0.717, 1.165) is 5.69 Å². The van der Waals surface area contributed by atoms with E-state index in [1.165, 1.54) is 4.90 Å². The van der Waals surface area contributed by atoms with Crippen LogP contribution in [0.15, 0.2) is 6.07 Å². The molecular formula is C12H16N4O4. The molecule has 8 heteroatoms. The SMILES string of the molecule is Cc1cc(N2CCN(C(=O)O)CC2)c(C)nc1[N+](=O)[O-]. The average molecular weight is 280 g/mol. The van der Waals surface area contributed by atoms with E-state index in [9.17, 15) is 14.9 Å². The molecule has 1 aromatic heterocycles. The Morgan fingerprint density at radius 2 is 1.95 bits per heavy atom. The van der Waals surface area contributed by atoms with Gasteiger partial charge < -0.3 is 25.0 Å². The van der Waals surface area contributed by atoms with Crippen LogP contribution in [0.4, 0.5) is 16.3 Å². The number of nitrogens with zero attached hydrogens (tertiary/aromatic N) is 4. The molecule has 8 nitrogen and oxygen atoms in total. The number of aromatic nitrogens is 1. The van der Waals surface area contributed by atoms with Crippen LogP contribution in [-0.2, 0) is 0 Å². The molecule has 2 heterocycles. The lowest BCUT2D eigenvalue weighted by Gasteiger charge is -2.34. The molecule has 0 atom stereocenters. The highest BCUT2D eigenvalue weighted by Gasteiger charge is 2.25. The van der Waals surface area contributed by atoms with Crippen molar-refractivity contribution in [3.8, 4) is 0 Å². The first-order valence-electron chi connectivity index (χ1n) is 6.25. The van der Waals surface area contributed by atoms with Crippen molar-refractivity contribution >= 4 is 17.6 Å². The third kappa shape index (κ3) is 2.63. The molecule has 20 heavy (non-hydrogen) atoms. The van der Waals surface area contributed by atoms with Gasteiger partial charge in [-0.2, -0.15) is 0 Å². The van der Waals surface area contributed by atoms with Crippen LogP contribution < -0.4 is 4.90 Å². The molecule has 0 aliphatic carbocycles. The number of rotatable bonds is 2. The molecule has 1 N–H and O–H groups in total. The van der Waals surface area contributed by atoms with Crippen molar-refractivity contribution in [2.75, 3.05) is 31.1 Å². The topological polar surface area (TPSA) is 99.8 Å². The van der Waals surface area contributed by atoms with Crippen LogP contribution in [-0.4, -0.2) is 52.2 Å². The number of aryl methyl sites for hydroxylation is 2. The number of anilines is 1. The van der Waals surface area contributed by atoms with Gasteiger partial charge in [-0.3, -0.25) is 0 Å². The van der Waals surface area contributed by atoms with Crippen LogP contribution in [0.2, 0.25) is 0 Å². The zero-order valence-electron chi connectivity index (χ0n) is 11.4. The zero-order valence-corrected chi connectivity index (χ0v) is 11.4. The lowest BCUT2D eigenvalue weighted by atomic mass is 10.2. The summed E-state index contributed by atoms with van der Waals surface area (Å²) in [6, 6.07) is 1.75. The Morgan fingerprint density at radius 3 is 2.45 bits per heavy atom. The largest absolute Gasteiger partial charge is 0.465 e. The van der Waals surface area contributed by atoms with Gasteiger partial charge in [0.05, 0.1) is 5.69 Å². The Morgan fingerprint density at radius 1 is 1.35 bits per heavy atom. The van der Waals surface area contributed by atoms with E-state index in [1.54, 1.807) is 19.9 Å². The lowest BCUT2D eigenvalue weighted by Crippen LogP contribution is -2.48. The molecule has 108 valence electrons. The normalized spacial score (nSPS) is 15.3. The number of hydrogen-bond donors (Lipinski definition) is 1. The third-order valence-electron chi connectivity index (χ3n) is 3.41. The molecule has 1 aliphatic heterocycles. The summed E-state index contributed by atoms with van der Waals surface area (Å²) in [5.41, 5.74) is 1.93. The number of piperazine rings is 1. The number of pyridine rings is 1. The Balaban J connectivity index is 2.20. The summed E-state index contributed by atoms with van der Waals surface area (Å²) in [4.78, 5) is 28.6. The van der Waals surface area contributed by atoms with Crippen molar-refractivity contribution in [2.45, 2.75) is 13.8 Å². The minimum Gasteiger partial charge on any atom is -0.465 e. The van der Waals surface area contributed by atoms with Crippen LogP contribution in [0.5, 0.6) is 0 Å². The van der Waals surface area contributed by atoms with Gasteiger partial charge in [-0.25, -0.2) is 4.79 Å². The highest BCUT2D eigenvalue weighted by atomic mass is 16.6. The van der Waals surface area contributed by atoms with Gasteiger partial charge in [-0.15, -0.1) is 0 Å². The number of carboxylic acid groups (broad SMARTS) is 1. The molecule has 0 unspecified atom stereocenters. The van der Waals surface area contributed by atoms with Crippen molar-refractivity contribution in [3.63, 3.8) is 0 Å². The van der Waals surface area contributed by atoms with E-state index in [2.05, 4.69) is 4.98 Å². The fourth-order valence-electron chi connectivity index (χ4n) is 2.32. The second-order valence-corrected chi connectivity index (χ2v) is 4.75. The zero-order chi connectivity index (χ0) is 14.9. The van der Waals surface area contributed by atoms with Crippen molar-refractivity contribution < 1.29 is 14.8 Å². The molecule has 0 spiro atoms. The number of amides is 1. The van der Waals surface area contributed by atoms with Gasteiger partial charge in [0.1, 0.15) is 0 Å². The van der Waals surface area contributed by atoms with Gasteiger partial charge in [0.15, 0.2) is 5.69 Å². The summed E-state index contributed by atoms with van der Waals surface area (Å²) in [6.45, 7) is 5.35. The Hall–Kier alpha value is -2.38. The predicted molar refractivity (Wildman–Crippen MR) is 72.2 cm³/mol. The smallest absolute Gasteiger partial charge is 0.407 e. The van der Waals surface area contributed by atoms with Gasteiger partial charge in [0.2, 0.25) is 0 Å². The van der Waals surface area contributed by atoms with Gasteiger partial charge in [-0.1, -0.05) is 0 Å². The maximum absolute atomic E-state index is 10.9. The molecule has 1 saturated heterocycles. The molecule has 1 aromatic rings. The molecule has 1 aliphatic rings. The first-order valence-corrected chi connectivity index (χ1v) is 6.25. The Bertz CT molecular complexity index is 553. The van der Waals surface area contributed by atoms with E-state index in [1.807, 2.05) is 4.90 Å². The molecule has 2 rings (SSSR count). The molecule has 0 bridgehead atoms. The van der Waals surface area contributed by atoms with Gasteiger partial charge in [-0.05, 0) is 22.9 Å². The second-order valence-electron chi connectivity index (χ2n) is 4.75. The molecule has 1 amide bonds. The maximum atomic E-state index is 10.9. The van der Waals surface area contributed by atoms with Crippen molar-refractivity contribution in [3.05, 3.63) is 27.4 Å². The highest BCUT2D eigenvalue weighted by Crippen LogP contribution is 2.26. The number of carbonyl (C=O) groups is 1. The van der Waals surface area contributed by atoms with Crippen LogP contribution in [0.25, 0.3) is 0 Å². The quantitative estimate of drug-likeness (QED) is 0.649. The van der Waals surface area contributed by atoms with E-state index in [-0.39, 0.29) is 5.82 Å². The molecule has 1 fully saturated rings. The Labute approximate surface area is 115 Å². The lowest BCUT2D eigenvalue weighted by molar-refractivity contribution is -0.390. The van der Waals surface area contributed by atoms with Gasteiger partial charge in [0.25, 0.3) is 0 Å². The standard InChI is InChI=1S/C12H16N4O4/c1-8-7-10(9(2)13-11(8)16(19)20)14-3-5-15(6-4-14)12(17)18/h7H,3-6H2,1-2H3,(H,17,18). The van der Waals surface area contributed by atoms with E-state index < -0.39 is 11.0 Å². The minimum atomic E-state index is -0.917. The summed E-state index contributed by atoms with van der Waals surface area (Å²) < 4.78 is 0. The minimum absolute atomic E-state index is 0.129. The first-order chi connectivity index (χ1) is 9.40. The van der Waals surface area contributed by atoms with Crippen LogP contribution >= 0.6 is 0 Å². The van der Waals surface area contributed by atoms with Crippen LogP contribution in [0, 0.1) is 24.0 Å². The van der Waals surface area contributed by atoms with Gasteiger partial charge in [0, 0.05) is 38.7 Å². The van der Waals surface area contributed by atoms with Crippen LogP contribution in [0.1, 0.15) is 11.3 Å².